The van der Waals surface area contributed by atoms with Crippen molar-refractivity contribution in [2.45, 2.75) is 0 Å². The van der Waals surface area contributed by atoms with E-state index < -0.39 is 22.1 Å². The van der Waals surface area contributed by atoms with E-state index in [9.17, 15) is 20.0 Å². The van der Waals surface area contributed by atoms with Crippen LogP contribution in [0.1, 0.15) is 15.9 Å². The zero-order valence-corrected chi connectivity index (χ0v) is 10.5. The van der Waals surface area contributed by atoms with Crippen molar-refractivity contribution in [2.75, 3.05) is 7.11 Å². The van der Waals surface area contributed by atoms with Crippen molar-refractivity contribution in [1.82, 2.24) is 0 Å². The van der Waals surface area contributed by atoms with Crippen LogP contribution in [0, 0.1) is 10.1 Å². The third-order valence-corrected chi connectivity index (χ3v) is 2.76. The number of benzene rings is 2. The molecule has 0 saturated carbocycles. The van der Waals surface area contributed by atoms with Crippen molar-refractivity contribution in [3.63, 3.8) is 0 Å². The van der Waals surface area contributed by atoms with Gasteiger partial charge in [-0.1, -0.05) is 36.1 Å². The molecule has 2 aromatic rings. The minimum absolute atomic E-state index is 0.162. The fourth-order valence-corrected chi connectivity index (χ4v) is 1.78. The van der Waals surface area contributed by atoms with Gasteiger partial charge in [-0.2, -0.15) is 0 Å². The van der Waals surface area contributed by atoms with Gasteiger partial charge in [-0.3, -0.25) is 14.9 Å². The molecule has 0 bridgehead atoms. The fourth-order valence-electron chi connectivity index (χ4n) is 1.78. The van der Waals surface area contributed by atoms with Gasteiger partial charge in [-0.15, -0.1) is 0 Å². The third-order valence-electron chi connectivity index (χ3n) is 2.76. The summed E-state index contributed by atoms with van der Waals surface area (Å²) in [6.45, 7) is 0. The van der Waals surface area contributed by atoms with E-state index in [0.29, 0.717) is 5.56 Å². The van der Waals surface area contributed by atoms with E-state index in [1.54, 1.807) is 18.2 Å². The Bertz CT molecular complexity index is 667. The summed E-state index contributed by atoms with van der Waals surface area (Å²) in [4.78, 5) is 22.4. The predicted octanol–water partition coefficient (Wildman–Crippen LogP) is 1.91. The van der Waals surface area contributed by atoms with E-state index in [4.69, 9.17) is 4.74 Å². The van der Waals surface area contributed by atoms with Crippen molar-refractivity contribution in [2.24, 2.45) is 0 Å². The average Bonchev–Trinajstić information content (AvgIpc) is 2.46. The molecule has 20 heavy (non-hydrogen) atoms. The van der Waals surface area contributed by atoms with Crippen molar-refractivity contribution >= 4 is 11.5 Å². The molecule has 0 fully saturated rings. The maximum atomic E-state index is 12.2. The smallest absolute Gasteiger partial charge is 0.311 e. The number of ether oxygens (including phenoxy) is 1. The average molecular weight is 272 g/mol. The van der Waals surface area contributed by atoms with Gasteiger partial charge in [0.1, 0.15) is 0 Å². The van der Waals surface area contributed by atoms with E-state index in [2.05, 4.69) is 0 Å². The number of rotatable bonds is 4. The summed E-state index contributed by atoms with van der Waals surface area (Å²) < 4.78 is 4.77. The molecule has 6 nitrogen and oxygen atoms in total. The molecule has 102 valence electrons. The third kappa shape index (κ3) is 2.44. The number of methoxy groups -OCH3 is 1. The van der Waals surface area contributed by atoms with Gasteiger partial charge < -0.3 is 9.84 Å². The van der Waals surface area contributed by atoms with Crippen LogP contribution in [0.4, 0.5) is 5.69 Å². The molecule has 0 radical (unpaired) electrons. The van der Waals surface area contributed by atoms with Crippen LogP contribution >= 0.6 is 0 Å². The summed E-state index contributed by atoms with van der Waals surface area (Å²) in [6, 6.07) is 10.0. The molecule has 6 heteroatoms. The van der Waals surface area contributed by atoms with Gasteiger partial charge in [0.15, 0.2) is 11.5 Å². The Kier molecular flexibility index (Phi) is 3.65. The van der Waals surface area contributed by atoms with Crippen LogP contribution in [0.25, 0.3) is 0 Å². The van der Waals surface area contributed by atoms with Gasteiger partial charge in [0, 0.05) is 17.2 Å². The van der Waals surface area contributed by atoms with E-state index in [1.165, 1.54) is 19.2 Å². The molecule has 0 spiro atoms. The molecule has 0 atom stereocenters. The summed E-state index contributed by atoms with van der Waals surface area (Å²) in [6.07, 6.45) is 0. The first kappa shape index (κ1) is 13.5. The molecular weight excluding hydrogens is 262 g/mol. The molecule has 0 aliphatic carbocycles. The SMILES string of the molecule is COc1cc([O-])c(C(=O)c2ccccc2)cc1[N+](=O)[O-]. The summed E-state index contributed by atoms with van der Waals surface area (Å²) >= 11 is 0. The Balaban J connectivity index is 2.55. The number of nitro benzene ring substituents is 1. The molecule has 0 heterocycles. The Morgan fingerprint density at radius 1 is 1.20 bits per heavy atom. The molecule has 2 rings (SSSR count). The summed E-state index contributed by atoms with van der Waals surface area (Å²) in [7, 11) is 1.22. The van der Waals surface area contributed by atoms with Crippen LogP contribution in [0.3, 0.4) is 0 Å². The topological polar surface area (TPSA) is 92.5 Å². The number of ketones is 1. The molecule has 0 N–H and O–H groups in total. The lowest BCUT2D eigenvalue weighted by atomic mass is 10.0. The van der Waals surface area contributed by atoms with Crippen molar-refractivity contribution < 1.29 is 19.6 Å². The highest BCUT2D eigenvalue weighted by Gasteiger charge is 2.20. The number of nitrogens with zero attached hydrogens (tertiary/aromatic N) is 1. The molecular formula is C14H10NO5-. The van der Waals surface area contributed by atoms with E-state index in [0.717, 1.165) is 12.1 Å². The number of hydrogen-bond donors (Lipinski definition) is 0. The van der Waals surface area contributed by atoms with Crippen LogP contribution in [0.2, 0.25) is 0 Å². The van der Waals surface area contributed by atoms with Crippen LogP contribution in [-0.2, 0) is 0 Å². The maximum Gasteiger partial charge on any atom is 0.311 e. The van der Waals surface area contributed by atoms with Crippen LogP contribution < -0.4 is 9.84 Å². The molecule has 0 aliphatic rings. The molecule has 0 aromatic heterocycles. The number of carbonyl (C=O) groups is 1. The van der Waals surface area contributed by atoms with E-state index >= 15 is 0 Å². The Hall–Kier alpha value is -2.89. The first-order valence-corrected chi connectivity index (χ1v) is 5.67. The largest absolute Gasteiger partial charge is 0.872 e. The van der Waals surface area contributed by atoms with Crippen LogP contribution in [-0.4, -0.2) is 17.8 Å². The Morgan fingerprint density at radius 3 is 2.40 bits per heavy atom. The highest BCUT2D eigenvalue weighted by Crippen LogP contribution is 2.33. The second kappa shape index (κ2) is 5.40. The second-order valence-corrected chi connectivity index (χ2v) is 3.97. The minimum Gasteiger partial charge on any atom is -0.872 e. The zero-order chi connectivity index (χ0) is 14.7. The van der Waals surface area contributed by atoms with Crippen LogP contribution in [0.5, 0.6) is 11.5 Å². The van der Waals surface area contributed by atoms with Gasteiger partial charge >= 0.3 is 5.69 Å². The highest BCUT2D eigenvalue weighted by atomic mass is 16.6. The zero-order valence-electron chi connectivity index (χ0n) is 10.5. The monoisotopic (exact) mass is 272 g/mol. The van der Waals surface area contributed by atoms with Crippen molar-refractivity contribution in [1.29, 1.82) is 0 Å². The van der Waals surface area contributed by atoms with Gasteiger partial charge in [0.25, 0.3) is 0 Å². The second-order valence-electron chi connectivity index (χ2n) is 3.97. The molecule has 0 aliphatic heterocycles. The lowest BCUT2D eigenvalue weighted by Gasteiger charge is -2.14. The maximum absolute atomic E-state index is 12.2. The summed E-state index contributed by atoms with van der Waals surface area (Å²) in [5.41, 5.74) is -0.362. The first-order chi connectivity index (χ1) is 9.54. The first-order valence-electron chi connectivity index (χ1n) is 5.67. The van der Waals surface area contributed by atoms with Crippen LogP contribution in [0.15, 0.2) is 42.5 Å². The minimum atomic E-state index is -0.694. The molecule has 0 unspecified atom stereocenters. The van der Waals surface area contributed by atoms with Gasteiger partial charge in [-0.05, 0) is 6.07 Å². The number of nitro groups is 1. The standard InChI is InChI=1S/C14H11NO5/c1-20-13-8-12(16)10(7-11(13)15(18)19)14(17)9-5-3-2-4-6-9/h2-8,16H,1H3/p-1. The lowest BCUT2D eigenvalue weighted by molar-refractivity contribution is -0.386. The normalized spacial score (nSPS) is 10.1. The number of carbonyl (C=O) groups excluding carboxylic acids is 1. The quantitative estimate of drug-likeness (QED) is 0.481. The van der Waals surface area contributed by atoms with Crippen molar-refractivity contribution in [3.05, 3.63) is 63.7 Å². The molecule has 2 aromatic carbocycles. The molecule has 0 saturated heterocycles. The Labute approximate surface area is 114 Å². The summed E-state index contributed by atoms with van der Waals surface area (Å²) in [5.74, 6) is -1.33. The molecule has 0 amide bonds. The predicted molar refractivity (Wildman–Crippen MR) is 69.0 cm³/mol. The van der Waals surface area contributed by atoms with Gasteiger partial charge in [0.2, 0.25) is 0 Å². The lowest BCUT2D eigenvalue weighted by Crippen LogP contribution is -2.08. The number of hydrogen-bond acceptors (Lipinski definition) is 5. The fraction of sp³-hybridized carbons (Fsp3) is 0.0714. The van der Waals surface area contributed by atoms with Gasteiger partial charge in [0.05, 0.1) is 12.0 Å². The Morgan fingerprint density at radius 2 is 1.85 bits per heavy atom. The van der Waals surface area contributed by atoms with Gasteiger partial charge in [-0.25, -0.2) is 0 Å². The van der Waals surface area contributed by atoms with Crippen molar-refractivity contribution in [3.8, 4) is 11.5 Å². The van der Waals surface area contributed by atoms with E-state index in [1.807, 2.05) is 0 Å². The summed E-state index contributed by atoms with van der Waals surface area (Å²) in [5, 5.41) is 22.8. The van der Waals surface area contributed by atoms with E-state index in [-0.39, 0.29) is 11.3 Å². The highest BCUT2D eigenvalue weighted by molar-refractivity contribution is 6.11.